The van der Waals surface area contributed by atoms with Gasteiger partial charge in [0.15, 0.2) is 0 Å². The summed E-state index contributed by atoms with van der Waals surface area (Å²) in [5.41, 5.74) is 3.60. The van der Waals surface area contributed by atoms with E-state index in [2.05, 4.69) is 5.32 Å². The standard InChI is InChI=1S/C17H18ClNO2/c1-12-2-3-14(11-20)10-16(12)19-17(21)9-6-13-4-7-15(18)8-5-13/h2-5,7-8,10,20H,6,9,11H2,1H3,(H,19,21). The quantitative estimate of drug-likeness (QED) is 0.884. The molecule has 0 heterocycles. The first kappa shape index (κ1) is 15.5. The molecule has 0 bridgehead atoms. The number of hydrogen-bond donors (Lipinski definition) is 2. The second-order valence-corrected chi connectivity index (χ2v) is 5.42. The molecule has 0 saturated carbocycles. The van der Waals surface area contributed by atoms with Crippen LogP contribution in [0.4, 0.5) is 5.69 Å². The van der Waals surface area contributed by atoms with Gasteiger partial charge < -0.3 is 10.4 Å². The molecule has 2 aromatic rings. The molecule has 0 saturated heterocycles. The summed E-state index contributed by atoms with van der Waals surface area (Å²) in [7, 11) is 0. The number of carbonyl (C=O) groups excluding carboxylic acids is 1. The lowest BCUT2D eigenvalue weighted by Gasteiger charge is -2.10. The normalized spacial score (nSPS) is 10.4. The number of nitrogens with one attached hydrogen (secondary N) is 1. The summed E-state index contributed by atoms with van der Waals surface area (Å²) in [4.78, 5) is 12.0. The Kier molecular flexibility index (Phi) is 5.37. The minimum atomic E-state index is -0.0388. The predicted molar refractivity (Wildman–Crippen MR) is 85.5 cm³/mol. The number of aliphatic hydroxyl groups is 1. The van der Waals surface area contributed by atoms with Gasteiger partial charge in [-0.05, 0) is 48.2 Å². The summed E-state index contributed by atoms with van der Waals surface area (Å²) >= 11 is 5.83. The molecular formula is C17H18ClNO2. The average Bonchev–Trinajstić information content (AvgIpc) is 2.49. The first-order valence-electron chi connectivity index (χ1n) is 6.83. The molecule has 0 fully saturated rings. The third kappa shape index (κ3) is 4.59. The van der Waals surface area contributed by atoms with Crippen LogP contribution in [-0.2, 0) is 17.8 Å². The van der Waals surface area contributed by atoms with Crippen molar-refractivity contribution in [1.29, 1.82) is 0 Å². The van der Waals surface area contributed by atoms with Crippen LogP contribution in [0.1, 0.15) is 23.1 Å². The van der Waals surface area contributed by atoms with E-state index in [1.807, 2.05) is 43.3 Å². The maximum Gasteiger partial charge on any atom is 0.224 e. The molecular weight excluding hydrogens is 286 g/mol. The third-order valence-corrected chi connectivity index (χ3v) is 3.56. The van der Waals surface area contributed by atoms with E-state index in [4.69, 9.17) is 16.7 Å². The Morgan fingerprint density at radius 3 is 2.48 bits per heavy atom. The highest BCUT2D eigenvalue weighted by Gasteiger charge is 2.06. The number of halogens is 1. The van der Waals surface area contributed by atoms with E-state index < -0.39 is 0 Å². The van der Waals surface area contributed by atoms with Crippen LogP contribution in [0.15, 0.2) is 42.5 Å². The Morgan fingerprint density at radius 2 is 1.81 bits per heavy atom. The fraction of sp³-hybridized carbons (Fsp3) is 0.235. The minimum absolute atomic E-state index is 0.0338. The zero-order valence-corrected chi connectivity index (χ0v) is 12.7. The van der Waals surface area contributed by atoms with Crippen molar-refractivity contribution >= 4 is 23.2 Å². The highest BCUT2D eigenvalue weighted by atomic mass is 35.5. The molecule has 0 radical (unpaired) electrons. The van der Waals surface area contributed by atoms with Crippen molar-refractivity contribution in [3.05, 3.63) is 64.2 Å². The number of carbonyl (C=O) groups is 1. The molecule has 3 nitrogen and oxygen atoms in total. The van der Waals surface area contributed by atoms with Gasteiger partial charge in [0.1, 0.15) is 0 Å². The van der Waals surface area contributed by atoms with Gasteiger partial charge in [-0.15, -0.1) is 0 Å². The molecule has 2 aromatic carbocycles. The maximum atomic E-state index is 12.0. The number of benzene rings is 2. The molecule has 1 amide bonds. The van der Waals surface area contributed by atoms with E-state index in [9.17, 15) is 4.79 Å². The monoisotopic (exact) mass is 303 g/mol. The van der Waals surface area contributed by atoms with Crippen molar-refractivity contribution in [2.75, 3.05) is 5.32 Å². The molecule has 4 heteroatoms. The van der Waals surface area contributed by atoms with Crippen LogP contribution in [-0.4, -0.2) is 11.0 Å². The topological polar surface area (TPSA) is 49.3 Å². The molecule has 0 spiro atoms. The van der Waals surface area contributed by atoms with E-state index in [0.717, 1.165) is 22.4 Å². The van der Waals surface area contributed by atoms with Crippen LogP contribution >= 0.6 is 11.6 Å². The fourth-order valence-corrected chi connectivity index (χ4v) is 2.15. The van der Waals surface area contributed by atoms with Gasteiger partial charge in [-0.1, -0.05) is 35.9 Å². The number of hydrogen-bond acceptors (Lipinski definition) is 2. The molecule has 110 valence electrons. The van der Waals surface area contributed by atoms with E-state index in [0.29, 0.717) is 17.9 Å². The Labute approximate surface area is 129 Å². The first-order valence-corrected chi connectivity index (χ1v) is 7.21. The molecule has 0 unspecified atom stereocenters. The van der Waals surface area contributed by atoms with Crippen molar-refractivity contribution < 1.29 is 9.90 Å². The van der Waals surface area contributed by atoms with Crippen LogP contribution < -0.4 is 5.32 Å². The van der Waals surface area contributed by atoms with E-state index >= 15 is 0 Å². The van der Waals surface area contributed by atoms with Crippen molar-refractivity contribution in [2.24, 2.45) is 0 Å². The SMILES string of the molecule is Cc1ccc(CO)cc1NC(=O)CCc1ccc(Cl)cc1. The van der Waals surface area contributed by atoms with Gasteiger partial charge in [-0.25, -0.2) is 0 Å². The number of amides is 1. The van der Waals surface area contributed by atoms with Gasteiger partial charge in [-0.2, -0.15) is 0 Å². The van der Waals surface area contributed by atoms with Crippen molar-refractivity contribution in [3.63, 3.8) is 0 Å². The predicted octanol–water partition coefficient (Wildman–Crippen LogP) is 3.71. The van der Waals surface area contributed by atoms with Gasteiger partial charge in [0, 0.05) is 17.1 Å². The Balaban J connectivity index is 1.94. The number of anilines is 1. The van der Waals surface area contributed by atoms with E-state index in [1.165, 1.54) is 0 Å². The molecule has 0 aliphatic carbocycles. The second kappa shape index (κ2) is 7.25. The molecule has 0 aromatic heterocycles. The number of aryl methyl sites for hydroxylation is 2. The highest BCUT2D eigenvalue weighted by Crippen LogP contribution is 2.18. The third-order valence-electron chi connectivity index (χ3n) is 3.31. The molecule has 2 rings (SSSR count). The lowest BCUT2D eigenvalue weighted by atomic mass is 10.1. The number of rotatable bonds is 5. The minimum Gasteiger partial charge on any atom is -0.392 e. The van der Waals surface area contributed by atoms with Crippen LogP contribution in [0, 0.1) is 6.92 Å². The van der Waals surface area contributed by atoms with Crippen molar-refractivity contribution in [1.82, 2.24) is 0 Å². The van der Waals surface area contributed by atoms with Crippen LogP contribution in [0.25, 0.3) is 0 Å². The van der Waals surface area contributed by atoms with Crippen LogP contribution in [0.3, 0.4) is 0 Å². The second-order valence-electron chi connectivity index (χ2n) is 4.98. The summed E-state index contributed by atoms with van der Waals surface area (Å²) < 4.78 is 0. The fourth-order valence-electron chi connectivity index (χ4n) is 2.02. The van der Waals surface area contributed by atoms with Gasteiger partial charge >= 0.3 is 0 Å². The molecule has 0 atom stereocenters. The lowest BCUT2D eigenvalue weighted by molar-refractivity contribution is -0.116. The highest BCUT2D eigenvalue weighted by molar-refractivity contribution is 6.30. The Bertz CT molecular complexity index is 623. The molecule has 0 aliphatic rings. The van der Waals surface area contributed by atoms with Crippen molar-refractivity contribution in [2.45, 2.75) is 26.4 Å². The molecule has 0 aliphatic heterocycles. The smallest absolute Gasteiger partial charge is 0.224 e. The summed E-state index contributed by atoms with van der Waals surface area (Å²) in [6.07, 6.45) is 1.08. The Morgan fingerprint density at radius 1 is 1.14 bits per heavy atom. The maximum absolute atomic E-state index is 12.0. The van der Waals surface area contributed by atoms with Gasteiger partial charge in [-0.3, -0.25) is 4.79 Å². The lowest BCUT2D eigenvalue weighted by Crippen LogP contribution is -2.13. The van der Waals surface area contributed by atoms with Crippen LogP contribution in [0.2, 0.25) is 5.02 Å². The zero-order chi connectivity index (χ0) is 15.2. The Hall–Kier alpha value is -1.84. The number of aliphatic hydroxyl groups excluding tert-OH is 1. The molecule has 21 heavy (non-hydrogen) atoms. The molecule has 2 N–H and O–H groups in total. The summed E-state index contributed by atoms with van der Waals surface area (Å²) in [6, 6.07) is 13.0. The van der Waals surface area contributed by atoms with Gasteiger partial charge in [0.2, 0.25) is 5.91 Å². The van der Waals surface area contributed by atoms with Gasteiger partial charge in [0.25, 0.3) is 0 Å². The first-order chi connectivity index (χ1) is 10.1. The average molecular weight is 304 g/mol. The van der Waals surface area contributed by atoms with Crippen molar-refractivity contribution in [3.8, 4) is 0 Å². The zero-order valence-electron chi connectivity index (χ0n) is 11.9. The summed E-state index contributed by atoms with van der Waals surface area (Å²) in [6.45, 7) is 1.89. The largest absolute Gasteiger partial charge is 0.392 e. The summed E-state index contributed by atoms with van der Waals surface area (Å²) in [5.74, 6) is -0.0388. The van der Waals surface area contributed by atoms with E-state index in [1.54, 1.807) is 6.07 Å². The summed E-state index contributed by atoms with van der Waals surface area (Å²) in [5, 5.41) is 12.7. The van der Waals surface area contributed by atoms with Gasteiger partial charge in [0.05, 0.1) is 6.61 Å². The van der Waals surface area contributed by atoms with Crippen LogP contribution in [0.5, 0.6) is 0 Å². The van der Waals surface area contributed by atoms with E-state index in [-0.39, 0.29) is 12.5 Å².